The predicted octanol–water partition coefficient (Wildman–Crippen LogP) is 2.35. The summed E-state index contributed by atoms with van der Waals surface area (Å²) >= 11 is 0. The van der Waals surface area contributed by atoms with Gasteiger partial charge in [0.05, 0.1) is 18.8 Å². The van der Waals surface area contributed by atoms with Crippen LogP contribution in [0.3, 0.4) is 0 Å². The Kier molecular flexibility index (Phi) is 6.24. The third kappa shape index (κ3) is 4.36. The third-order valence-corrected chi connectivity index (χ3v) is 4.95. The summed E-state index contributed by atoms with van der Waals surface area (Å²) in [4.78, 5) is 14.8. The fraction of sp³-hybridized carbons (Fsp3) is 0.450. The van der Waals surface area contributed by atoms with Crippen molar-refractivity contribution < 1.29 is 9.53 Å². The molecular weight excluding hydrogens is 342 g/mol. The monoisotopic (exact) mass is 369 g/mol. The molecule has 1 N–H and O–H groups in total. The summed E-state index contributed by atoms with van der Waals surface area (Å²) in [6.45, 7) is 8.57. The Morgan fingerprint density at radius 1 is 1.37 bits per heavy atom. The fourth-order valence-corrected chi connectivity index (χ4v) is 3.41. The van der Waals surface area contributed by atoms with E-state index in [-0.39, 0.29) is 5.91 Å². The molecule has 1 fully saturated rings. The molecule has 0 aliphatic carbocycles. The number of ether oxygens (including phenoxy) is 1. The van der Waals surface area contributed by atoms with Gasteiger partial charge in [0.2, 0.25) is 0 Å². The van der Waals surface area contributed by atoms with E-state index in [1.807, 2.05) is 35.9 Å². The first kappa shape index (κ1) is 19.1. The molecule has 1 aromatic carbocycles. The van der Waals surface area contributed by atoms with Crippen molar-refractivity contribution in [3.8, 4) is 5.75 Å². The smallest absolute Gasteiger partial charge is 0.276 e. The number of amides is 1. The lowest BCUT2D eigenvalue weighted by Crippen LogP contribution is -2.32. The SMILES string of the molecule is C=CCN(Cc1ccc(OC)cc1)C(=O)c1nnn(C2CCNCC2)c1C. The maximum absolute atomic E-state index is 13.1. The van der Waals surface area contributed by atoms with Crippen LogP contribution in [0.15, 0.2) is 36.9 Å². The molecule has 1 amide bonds. The Labute approximate surface area is 160 Å². The number of methoxy groups -OCH3 is 1. The number of carbonyl (C=O) groups is 1. The Morgan fingerprint density at radius 2 is 2.07 bits per heavy atom. The second-order valence-corrected chi connectivity index (χ2v) is 6.77. The first-order valence-corrected chi connectivity index (χ1v) is 9.29. The summed E-state index contributed by atoms with van der Waals surface area (Å²) < 4.78 is 7.10. The van der Waals surface area contributed by atoms with E-state index in [2.05, 4.69) is 22.2 Å². The van der Waals surface area contributed by atoms with Crippen LogP contribution >= 0.6 is 0 Å². The number of hydrogen-bond donors (Lipinski definition) is 1. The van der Waals surface area contributed by atoms with Gasteiger partial charge in [0.15, 0.2) is 5.69 Å². The molecule has 1 aliphatic heterocycles. The number of benzene rings is 1. The zero-order valence-corrected chi connectivity index (χ0v) is 16.0. The third-order valence-electron chi connectivity index (χ3n) is 4.95. The van der Waals surface area contributed by atoms with E-state index in [1.165, 1.54) is 0 Å². The van der Waals surface area contributed by atoms with Crippen LogP contribution in [0.2, 0.25) is 0 Å². The normalized spacial score (nSPS) is 14.7. The van der Waals surface area contributed by atoms with Crippen molar-refractivity contribution in [2.75, 3.05) is 26.7 Å². The standard InChI is InChI=1S/C20H27N5O2/c1-4-13-24(14-16-5-7-18(27-3)8-6-16)20(26)19-15(2)25(23-22-19)17-9-11-21-12-10-17/h4-8,17,21H,1,9-14H2,2-3H3. The van der Waals surface area contributed by atoms with Crippen LogP contribution in [0.5, 0.6) is 5.75 Å². The van der Waals surface area contributed by atoms with Gasteiger partial charge in [-0.2, -0.15) is 0 Å². The minimum Gasteiger partial charge on any atom is -0.497 e. The molecule has 2 aromatic rings. The van der Waals surface area contributed by atoms with E-state index in [4.69, 9.17) is 4.74 Å². The number of hydrogen-bond acceptors (Lipinski definition) is 5. The lowest BCUT2D eigenvalue weighted by atomic mass is 10.1. The second-order valence-electron chi connectivity index (χ2n) is 6.77. The lowest BCUT2D eigenvalue weighted by molar-refractivity contribution is 0.0756. The van der Waals surface area contributed by atoms with E-state index in [0.29, 0.717) is 24.8 Å². The van der Waals surface area contributed by atoms with Gasteiger partial charge in [-0.25, -0.2) is 4.68 Å². The van der Waals surface area contributed by atoms with E-state index < -0.39 is 0 Å². The van der Waals surface area contributed by atoms with Crippen LogP contribution in [-0.4, -0.2) is 52.5 Å². The van der Waals surface area contributed by atoms with Gasteiger partial charge in [0.1, 0.15) is 5.75 Å². The van der Waals surface area contributed by atoms with Crippen LogP contribution < -0.4 is 10.1 Å². The molecule has 0 radical (unpaired) electrons. The van der Waals surface area contributed by atoms with Crippen LogP contribution in [0.4, 0.5) is 0 Å². The topological polar surface area (TPSA) is 72.3 Å². The van der Waals surface area contributed by atoms with Crippen LogP contribution in [0.1, 0.15) is 40.6 Å². The Bertz CT molecular complexity index is 778. The number of aromatic nitrogens is 3. The van der Waals surface area contributed by atoms with Crippen molar-refractivity contribution in [1.29, 1.82) is 0 Å². The summed E-state index contributed by atoms with van der Waals surface area (Å²) in [5, 5.41) is 11.8. The number of nitrogens with one attached hydrogen (secondary N) is 1. The Balaban J connectivity index is 1.77. The number of rotatable bonds is 7. The molecule has 0 saturated carbocycles. The van der Waals surface area contributed by atoms with E-state index in [1.54, 1.807) is 18.1 Å². The number of nitrogens with zero attached hydrogens (tertiary/aromatic N) is 4. The molecule has 0 spiro atoms. The maximum Gasteiger partial charge on any atom is 0.276 e. The molecule has 0 unspecified atom stereocenters. The highest BCUT2D eigenvalue weighted by molar-refractivity contribution is 5.93. The van der Waals surface area contributed by atoms with Gasteiger partial charge < -0.3 is 15.0 Å². The summed E-state index contributed by atoms with van der Waals surface area (Å²) in [6.07, 6.45) is 3.73. The largest absolute Gasteiger partial charge is 0.497 e. The molecular formula is C20H27N5O2. The van der Waals surface area contributed by atoms with Crippen LogP contribution in [0.25, 0.3) is 0 Å². The van der Waals surface area contributed by atoms with Gasteiger partial charge in [-0.1, -0.05) is 23.4 Å². The van der Waals surface area contributed by atoms with Crippen molar-refractivity contribution in [3.63, 3.8) is 0 Å². The van der Waals surface area contributed by atoms with Crippen LogP contribution in [0, 0.1) is 6.92 Å². The highest BCUT2D eigenvalue weighted by atomic mass is 16.5. The zero-order chi connectivity index (χ0) is 19.2. The van der Waals surface area contributed by atoms with Gasteiger partial charge in [-0.05, 0) is 50.6 Å². The molecule has 1 aromatic heterocycles. The first-order valence-electron chi connectivity index (χ1n) is 9.29. The molecule has 7 heteroatoms. The zero-order valence-electron chi connectivity index (χ0n) is 16.0. The summed E-state index contributed by atoms with van der Waals surface area (Å²) in [5.74, 6) is 0.671. The van der Waals surface area contributed by atoms with E-state index >= 15 is 0 Å². The minimum atomic E-state index is -0.122. The molecule has 1 saturated heterocycles. The van der Waals surface area contributed by atoms with Crippen molar-refractivity contribution in [2.24, 2.45) is 0 Å². The molecule has 3 rings (SSSR count). The van der Waals surface area contributed by atoms with Crippen molar-refractivity contribution in [3.05, 3.63) is 53.9 Å². The molecule has 0 atom stereocenters. The van der Waals surface area contributed by atoms with Crippen molar-refractivity contribution in [2.45, 2.75) is 32.4 Å². The Morgan fingerprint density at radius 3 is 2.70 bits per heavy atom. The summed E-state index contributed by atoms with van der Waals surface area (Å²) in [5.41, 5.74) is 2.27. The van der Waals surface area contributed by atoms with Gasteiger partial charge >= 0.3 is 0 Å². The fourth-order valence-electron chi connectivity index (χ4n) is 3.41. The van der Waals surface area contributed by atoms with E-state index in [0.717, 1.165) is 42.9 Å². The Hall–Kier alpha value is -2.67. The molecule has 2 heterocycles. The average molecular weight is 369 g/mol. The predicted molar refractivity (Wildman–Crippen MR) is 104 cm³/mol. The van der Waals surface area contributed by atoms with Crippen LogP contribution in [-0.2, 0) is 6.54 Å². The molecule has 144 valence electrons. The van der Waals surface area contributed by atoms with Gasteiger partial charge in [-0.3, -0.25) is 4.79 Å². The minimum absolute atomic E-state index is 0.122. The number of piperidine rings is 1. The first-order chi connectivity index (χ1) is 13.1. The maximum atomic E-state index is 13.1. The lowest BCUT2D eigenvalue weighted by Gasteiger charge is -2.24. The van der Waals surface area contributed by atoms with Gasteiger partial charge in [0.25, 0.3) is 5.91 Å². The average Bonchev–Trinajstić information content (AvgIpc) is 3.09. The van der Waals surface area contributed by atoms with E-state index in [9.17, 15) is 4.79 Å². The van der Waals surface area contributed by atoms with Gasteiger partial charge in [0, 0.05) is 13.1 Å². The quantitative estimate of drug-likeness (QED) is 0.759. The highest BCUT2D eigenvalue weighted by Gasteiger charge is 2.25. The summed E-state index contributed by atoms with van der Waals surface area (Å²) in [6, 6.07) is 8.01. The van der Waals surface area contributed by atoms with Crippen molar-refractivity contribution in [1.82, 2.24) is 25.2 Å². The van der Waals surface area contributed by atoms with Gasteiger partial charge in [-0.15, -0.1) is 11.7 Å². The summed E-state index contributed by atoms with van der Waals surface area (Å²) in [7, 11) is 1.64. The molecule has 1 aliphatic rings. The molecule has 27 heavy (non-hydrogen) atoms. The molecule has 0 bridgehead atoms. The molecule has 7 nitrogen and oxygen atoms in total. The van der Waals surface area contributed by atoms with Crippen molar-refractivity contribution >= 4 is 5.91 Å². The second kappa shape index (κ2) is 8.81. The highest BCUT2D eigenvalue weighted by Crippen LogP contribution is 2.21. The number of carbonyl (C=O) groups excluding carboxylic acids is 1.